The number of aromatic nitrogens is 2. The van der Waals surface area contributed by atoms with Crippen molar-refractivity contribution in [2.75, 3.05) is 27.2 Å². The number of hydrogen-bond donors (Lipinski definition) is 0. The minimum Gasteiger partial charge on any atom is -0.337 e. The predicted molar refractivity (Wildman–Crippen MR) is 82.5 cm³/mol. The first-order chi connectivity index (χ1) is 10.5. The van der Waals surface area contributed by atoms with Gasteiger partial charge in [-0.3, -0.25) is 9.20 Å². The van der Waals surface area contributed by atoms with E-state index in [0.29, 0.717) is 17.0 Å². The zero-order valence-corrected chi connectivity index (χ0v) is 13.2. The number of likely N-dealkylation sites (tertiary alicyclic amines) is 1. The van der Waals surface area contributed by atoms with Gasteiger partial charge in [0, 0.05) is 19.3 Å². The van der Waals surface area contributed by atoms with Gasteiger partial charge in [0.2, 0.25) is 0 Å². The number of fused-ring (bicyclic) bond motifs is 1. The van der Waals surface area contributed by atoms with Crippen molar-refractivity contribution in [3.63, 3.8) is 0 Å². The molecule has 3 heterocycles. The highest BCUT2D eigenvalue weighted by atomic mass is 19.1. The van der Waals surface area contributed by atoms with Crippen molar-refractivity contribution in [2.45, 2.75) is 25.8 Å². The highest BCUT2D eigenvalue weighted by molar-refractivity contribution is 5.94. The van der Waals surface area contributed by atoms with Gasteiger partial charge in [-0.15, -0.1) is 0 Å². The number of imidazole rings is 1. The molecule has 1 fully saturated rings. The SMILES string of the molecule is Cc1nc2ccc(F)cn2c1C(=O)N(C)C1CCN(C)CC1. The van der Waals surface area contributed by atoms with Crippen molar-refractivity contribution in [3.8, 4) is 0 Å². The molecule has 5 nitrogen and oxygen atoms in total. The third-order valence-electron chi connectivity index (χ3n) is 4.52. The van der Waals surface area contributed by atoms with Gasteiger partial charge in [0.05, 0.1) is 5.69 Å². The summed E-state index contributed by atoms with van der Waals surface area (Å²) in [5.41, 5.74) is 1.69. The largest absolute Gasteiger partial charge is 0.337 e. The molecule has 6 heteroatoms. The number of carbonyl (C=O) groups is 1. The van der Waals surface area contributed by atoms with Gasteiger partial charge in [-0.1, -0.05) is 0 Å². The lowest BCUT2D eigenvalue weighted by molar-refractivity contribution is 0.0652. The van der Waals surface area contributed by atoms with Crippen LogP contribution in [0, 0.1) is 12.7 Å². The second-order valence-corrected chi connectivity index (χ2v) is 6.07. The minimum absolute atomic E-state index is 0.0925. The number of halogens is 1. The van der Waals surface area contributed by atoms with Gasteiger partial charge in [0.1, 0.15) is 17.2 Å². The Kier molecular flexibility index (Phi) is 3.87. The molecule has 0 N–H and O–H groups in total. The third-order valence-corrected chi connectivity index (χ3v) is 4.52. The lowest BCUT2D eigenvalue weighted by atomic mass is 10.0. The molecule has 3 rings (SSSR count). The fourth-order valence-electron chi connectivity index (χ4n) is 3.11. The number of piperidine rings is 1. The number of pyridine rings is 1. The van der Waals surface area contributed by atoms with Crippen LogP contribution in [0.1, 0.15) is 29.0 Å². The summed E-state index contributed by atoms with van der Waals surface area (Å²) in [6.07, 6.45) is 3.25. The average Bonchev–Trinajstić information content (AvgIpc) is 2.82. The Hall–Kier alpha value is -1.95. The fraction of sp³-hybridized carbons (Fsp3) is 0.500. The van der Waals surface area contributed by atoms with E-state index in [9.17, 15) is 9.18 Å². The van der Waals surface area contributed by atoms with Crippen molar-refractivity contribution in [2.24, 2.45) is 0 Å². The second-order valence-electron chi connectivity index (χ2n) is 6.07. The maximum atomic E-state index is 13.5. The molecule has 2 aromatic heterocycles. The Morgan fingerprint density at radius 1 is 1.36 bits per heavy atom. The summed E-state index contributed by atoms with van der Waals surface area (Å²) in [6, 6.07) is 3.17. The molecule has 0 bridgehead atoms. The van der Waals surface area contributed by atoms with Crippen molar-refractivity contribution >= 4 is 11.6 Å². The van der Waals surface area contributed by atoms with E-state index in [0.717, 1.165) is 25.9 Å². The Bertz CT molecular complexity index is 703. The molecule has 1 saturated heterocycles. The summed E-state index contributed by atoms with van der Waals surface area (Å²) >= 11 is 0. The highest BCUT2D eigenvalue weighted by Crippen LogP contribution is 2.20. The quantitative estimate of drug-likeness (QED) is 0.851. The lowest BCUT2D eigenvalue weighted by Gasteiger charge is -2.35. The summed E-state index contributed by atoms with van der Waals surface area (Å²) in [6.45, 7) is 3.77. The molecule has 22 heavy (non-hydrogen) atoms. The second kappa shape index (κ2) is 5.68. The van der Waals surface area contributed by atoms with Crippen LogP contribution in [-0.4, -0.2) is 58.3 Å². The smallest absolute Gasteiger partial charge is 0.272 e. The summed E-state index contributed by atoms with van der Waals surface area (Å²) < 4.78 is 15.1. The third kappa shape index (κ3) is 2.59. The van der Waals surface area contributed by atoms with Crippen LogP contribution in [-0.2, 0) is 0 Å². The number of rotatable bonds is 2. The maximum absolute atomic E-state index is 13.5. The molecule has 0 radical (unpaired) electrons. The number of carbonyl (C=O) groups excluding carboxylic acids is 1. The monoisotopic (exact) mass is 304 g/mol. The fourth-order valence-corrected chi connectivity index (χ4v) is 3.11. The predicted octanol–water partition coefficient (Wildman–Crippen LogP) is 1.95. The normalized spacial score (nSPS) is 17.1. The van der Waals surface area contributed by atoms with E-state index in [2.05, 4.69) is 16.9 Å². The Labute approximate surface area is 129 Å². The molecular weight excluding hydrogens is 283 g/mol. The molecule has 1 aliphatic rings. The summed E-state index contributed by atoms with van der Waals surface area (Å²) in [5.74, 6) is -0.467. The van der Waals surface area contributed by atoms with E-state index in [1.54, 1.807) is 22.3 Å². The number of nitrogens with zero attached hydrogens (tertiary/aromatic N) is 4. The van der Waals surface area contributed by atoms with Crippen LogP contribution in [0.15, 0.2) is 18.3 Å². The molecule has 2 aromatic rings. The van der Waals surface area contributed by atoms with E-state index in [-0.39, 0.29) is 17.8 Å². The van der Waals surface area contributed by atoms with Crippen LogP contribution in [0.4, 0.5) is 4.39 Å². The Balaban J connectivity index is 1.91. The van der Waals surface area contributed by atoms with Gasteiger partial charge in [0.15, 0.2) is 0 Å². The first kappa shape index (κ1) is 15.0. The van der Waals surface area contributed by atoms with Crippen molar-refractivity contribution < 1.29 is 9.18 Å². The summed E-state index contributed by atoms with van der Waals surface area (Å²) in [7, 11) is 3.92. The van der Waals surface area contributed by atoms with Gasteiger partial charge in [-0.25, -0.2) is 9.37 Å². The zero-order chi connectivity index (χ0) is 15.9. The van der Waals surface area contributed by atoms with Gasteiger partial charge < -0.3 is 9.80 Å². The number of hydrogen-bond acceptors (Lipinski definition) is 3. The first-order valence-electron chi connectivity index (χ1n) is 7.57. The number of amides is 1. The molecule has 118 valence electrons. The van der Waals surface area contributed by atoms with Gasteiger partial charge in [-0.2, -0.15) is 0 Å². The topological polar surface area (TPSA) is 40.9 Å². The lowest BCUT2D eigenvalue weighted by Crippen LogP contribution is -2.44. The molecular formula is C16H21FN4O. The zero-order valence-electron chi connectivity index (χ0n) is 13.2. The molecule has 1 amide bonds. The molecule has 0 saturated carbocycles. The van der Waals surface area contributed by atoms with Crippen LogP contribution in [0.5, 0.6) is 0 Å². The minimum atomic E-state index is -0.374. The Morgan fingerprint density at radius 3 is 2.73 bits per heavy atom. The first-order valence-corrected chi connectivity index (χ1v) is 7.57. The van der Waals surface area contributed by atoms with Crippen LogP contribution in [0.2, 0.25) is 0 Å². The van der Waals surface area contributed by atoms with Crippen molar-refractivity contribution in [3.05, 3.63) is 35.5 Å². The van der Waals surface area contributed by atoms with E-state index in [4.69, 9.17) is 0 Å². The average molecular weight is 304 g/mol. The van der Waals surface area contributed by atoms with Crippen LogP contribution in [0.3, 0.4) is 0 Å². The maximum Gasteiger partial charge on any atom is 0.272 e. The van der Waals surface area contributed by atoms with Crippen LogP contribution in [0.25, 0.3) is 5.65 Å². The van der Waals surface area contributed by atoms with Crippen LogP contribution >= 0.6 is 0 Å². The van der Waals surface area contributed by atoms with Gasteiger partial charge >= 0.3 is 0 Å². The standard InChI is InChI=1S/C16H21FN4O/c1-11-15(21-10-12(17)4-5-14(21)18-11)16(22)20(3)13-6-8-19(2)9-7-13/h4-5,10,13H,6-9H2,1-3H3. The molecule has 0 aromatic carbocycles. The van der Waals surface area contributed by atoms with Crippen LogP contribution < -0.4 is 0 Å². The van der Waals surface area contributed by atoms with E-state index < -0.39 is 0 Å². The summed E-state index contributed by atoms with van der Waals surface area (Å²) in [4.78, 5) is 21.3. The van der Waals surface area contributed by atoms with Gasteiger partial charge in [-0.05, 0) is 52.0 Å². The number of aryl methyl sites for hydroxylation is 1. The van der Waals surface area contributed by atoms with Gasteiger partial charge in [0.25, 0.3) is 5.91 Å². The highest BCUT2D eigenvalue weighted by Gasteiger charge is 2.27. The molecule has 0 spiro atoms. The molecule has 0 aliphatic carbocycles. The van der Waals surface area contributed by atoms with E-state index in [1.807, 2.05) is 7.05 Å². The van der Waals surface area contributed by atoms with E-state index >= 15 is 0 Å². The van der Waals surface area contributed by atoms with Crippen molar-refractivity contribution in [1.29, 1.82) is 0 Å². The Morgan fingerprint density at radius 2 is 2.05 bits per heavy atom. The summed E-state index contributed by atoms with van der Waals surface area (Å²) in [5, 5.41) is 0. The van der Waals surface area contributed by atoms with E-state index in [1.165, 1.54) is 12.3 Å². The molecule has 1 aliphatic heterocycles. The molecule has 0 unspecified atom stereocenters. The molecule has 0 atom stereocenters. The van der Waals surface area contributed by atoms with Crippen molar-refractivity contribution in [1.82, 2.24) is 19.2 Å².